The number of nitrogens with zero attached hydrogens (tertiary/aromatic N) is 7. The molecule has 0 bridgehead atoms. The van der Waals surface area contributed by atoms with E-state index in [1.165, 1.54) is 77.8 Å². The number of hydrogen-bond donors (Lipinski definition) is 0. The molecule has 3 heterocycles. The van der Waals surface area contributed by atoms with Crippen LogP contribution in [0.15, 0.2) is 0 Å². The van der Waals surface area contributed by atoms with Crippen LogP contribution in [0, 0.1) is 0 Å². The lowest BCUT2D eigenvalue weighted by molar-refractivity contribution is -0.466. The molecular formula is C31H69B4N7P2+4. The van der Waals surface area contributed by atoms with E-state index in [9.17, 15) is 0 Å². The van der Waals surface area contributed by atoms with E-state index < -0.39 is 14.7 Å². The van der Waals surface area contributed by atoms with Crippen LogP contribution in [-0.2, 0) is 0 Å². The maximum atomic E-state index is 7.00. The molecule has 0 unspecified atom stereocenters. The molecule has 0 amide bonds. The third kappa shape index (κ3) is 13.2. The van der Waals surface area contributed by atoms with Crippen LogP contribution in [0.25, 0.3) is 0 Å². The molecular weight excluding hydrogens is 576 g/mol. The largest absolute Gasteiger partial charge is 0.435 e. The molecule has 3 aliphatic rings. The maximum Gasteiger partial charge on any atom is 0.435 e. The van der Waals surface area contributed by atoms with E-state index in [0.717, 1.165) is 11.5 Å². The van der Waals surface area contributed by atoms with Gasteiger partial charge in [-0.25, -0.2) is 0 Å². The van der Waals surface area contributed by atoms with Crippen molar-refractivity contribution in [3.05, 3.63) is 0 Å². The topological polar surface area (TPSA) is 22.2 Å². The summed E-state index contributed by atoms with van der Waals surface area (Å²) in [7, 11) is 37.0. The van der Waals surface area contributed by atoms with Crippen LogP contribution in [0.3, 0.4) is 0 Å². The molecule has 13 heteroatoms. The Bertz CT molecular complexity index is 769. The van der Waals surface area contributed by atoms with E-state index in [1.807, 2.05) is 75.3 Å². The molecule has 7 nitrogen and oxygen atoms in total. The lowest BCUT2D eigenvalue weighted by Crippen LogP contribution is -2.42. The maximum absolute atomic E-state index is 7.00. The zero-order valence-electron chi connectivity index (χ0n) is 31.6. The summed E-state index contributed by atoms with van der Waals surface area (Å²) < 4.78 is 11.6. The first kappa shape index (κ1) is 43.9. The van der Waals surface area contributed by atoms with E-state index >= 15 is 0 Å². The molecule has 3 fully saturated rings. The van der Waals surface area contributed by atoms with E-state index in [0.29, 0.717) is 17.0 Å². The molecule has 0 aromatic heterocycles. The summed E-state index contributed by atoms with van der Waals surface area (Å²) in [6.45, 7) is 20.9. The second-order valence-corrected chi connectivity index (χ2v) is 21.9. The molecule has 3 saturated heterocycles. The summed E-state index contributed by atoms with van der Waals surface area (Å²) in [5.74, 6) is 0. The monoisotopic (exact) mass is 646 g/mol. The van der Waals surface area contributed by atoms with Crippen LogP contribution in [0.5, 0.6) is 0 Å². The van der Waals surface area contributed by atoms with Gasteiger partial charge in [0, 0.05) is 56.2 Å². The highest BCUT2D eigenvalue weighted by Gasteiger charge is 2.53. The number of hydrogen-bond acceptors (Lipinski definition) is 3. The van der Waals surface area contributed by atoms with Crippen LogP contribution in [0.2, 0.25) is 0 Å². The number of amidine groups is 2. The molecule has 0 aromatic rings. The van der Waals surface area contributed by atoms with Crippen molar-refractivity contribution in [3.8, 4) is 0 Å². The normalized spacial score (nSPS) is 17.8. The lowest BCUT2D eigenvalue weighted by Gasteiger charge is -2.43. The first-order valence-corrected chi connectivity index (χ1v) is 20.6. The average Bonchev–Trinajstić information content (AvgIpc) is 3.75. The number of rotatable bonds is 6. The Kier molecular flexibility index (Phi) is 21.0. The molecule has 246 valence electrons. The van der Waals surface area contributed by atoms with Gasteiger partial charge in [0.05, 0.1) is 56.4 Å². The third-order valence-corrected chi connectivity index (χ3v) is 18.1. The van der Waals surface area contributed by atoms with Gasteiger partial charge in [0.25, 0.3) is 0 Å². The van der Waals surface area contributed by atoms with Crippen LogP contribution in [-0.4, -0.2) is 188 Å². The van der Waals surface area contributed by atoms with Crippen molar-refractivity contribution in [2.75, 3.05) is 95.6 Å². The minimum absolute atomic E-state index is 0.669. The fourth-order valence-electron chi connectivity index (χ4n) is 6.11. The zero-order chi connectivity index (χ0) is 34.4. The molecule has 3 rings (SSSR count). The van der Waals surface area contributed by atoms with Gasteiger partial charge < -0.3 is 0 Å². The van der Waals surface area contributed by atoms with Gasteiger partial charge in [-0.05, 0) is 87.2 Å². The van der Waals surface area contributed by atoms with Crippen molar-refractivity contribution in [2.24, 2.45) is 0 Å². The second-order valence-electron chi connectivity index (χ2n) is 14.1. The van der Waals surface area contributed by atoms with E-state index in [-0.39, 0.29) is 0 Å². The van der Waals surface area contributed by atoms with Gasteiger partial charge in [-0.2, -0.15) is 14.0 Å². The van der Waals surface area contributed by atoms with Crippen molar-refractivity contribution in [2.45, 2.75) is 97.0 Å². The fraction of sp³-hybridized carbons (Fsp3) is 0.935. The molecule has 0 saturated carbocycles. The summed E-state index contributed by atoms with van der Waals surface area (Å²) in [6.07, 6.45) is 8.09. The molecule has 0 N–H and O–H groups in total. The Hall–Kier alpha value is -0.0603. The van der Waals surface area contributed by atoms with Gasteiger partial charge in [-0.15, -0.1) is 0 Å². The highest BCUT2D eigenvalue weighted by molar-refractivity contribution is 7.98. The Labute approximate surface area is 282 Å². The van der Waals surface area contributed by atoms with Gasteiger partial charge >= 0.3 is 15.1 Å². The zero-order valence-corrected chi connectivity index (χ0v) is 33.3. The molecule has 0 aromatic carbocycles. The predicted molar refractivity (Wildman–Crippen MR) is 206 cm³/mol. The highest BCUT2D eigenvalue weighted by atomic mass is 31.2. The van der Waals surface area contributed by atoms with Crippen LogP contribution >= 0.6 is 14.7 Å². The standard InChI is InChI=1S/C12H24BN3P.C9H21BP.2C5H12BN2/c13-17(14-7-1-2-8-14,15-9-3-4-10-15)16-11-5-6-12-16;1-7(2)11(10,8(3)4)9(5)6;2*1-7(2)5(6)8(3)4/h1-12H2;7-9H,1-6H3;2*1-4H3/q4*+1. The Balaban J connectivity index is 0.000000600. The van der Waals surface area contributed by atoms with Crippen molar-refractivity contribution >= 4 is 57.0 Å². The molecule has 8 radical (unpaired) electrons. The van der Waals surface area contributed by atoms with Crippen LogP contribution < -0.4 is 0 Å². The van der Waals surface area contributed by atoms with E-state index in [1.54, 1.807) is 0 Å². The average molecular weight is 645 g/mol. The Morgan fingerprint density at radius 1 is 0.523 bits per heavy atom. The summed E-state index contributed by atoms with van der Waals surface area (Å²) in [5.41, 5.74) is 3.54. The summed E-state index contributed by atoms with van der Waals surface area (Å²) in [6, 6.07) is 0. The third-order valence-electron chi connectivity index (χ3n) is 9.01. The first-order valence-electron chi connectivity index (χ1n) is 16.8. The van der Waals surface area contributed by atoms with E-state index in [4.69, 9.17) is 30.8 Å². The van der Waals surface area contributed by atoms with Gasteiger partial charge in [-0.3, -0.25) is 19.0 Å². The predicted octanol–water partition coefficient (Wildman–Crippen LogP) is 4.12. The SMILES string of the molecule is [B]C(N(C)C)=[N+](C)C.[B]C(N(C)C)=[N+](C)C.[B][P+](C(C)C)(C(C)C)C(C)C.[B][P+](N1CCCC1)(N1CCCC1)N1CCCC1. The van der Waals surface area contributed by atoms with Gasteiger partial charge in [0.1, 0.15) is 0 Å². The minimum atomic E-state index is -1.61. The summed E-state index contributed by atoms with van der Waals surface area (Å²) >= 11 is 0. The van der Waals surface area contributed by atoms with Crippen LogP contribution in [0.1, 0.15) is 80.1 Å². The second kappa shape index (κ2) is 21.0. The van der Waals surface area contributed by atoms with Crippen LogP contribution in [0.4, 0.5) is 0 Å². The van der Waals surface area contributed by atoms with Crippen molar-refractivity contribution in [1.82, 2.24) is 23.8 Å². The Morgan fingerprint density at radius 2 is 0.727 bits per heavy atom. The molecule has 0 spiro atoms. The molecule has 0 atom stereocenters. The smallest absolute Gasteiger partial charge is 0.282 e. The van der Waals surface area contributed by atoms with Crippen molar-refractivity contribution in [3.63, 3.8) is 0 Å². The molecule has 0 aliphatic carbocycles. The summed E-state index contributed by atoms with van der Waals surface area (Å²) in [5, 5.41) is 0. The fourth-order valence-corrected chi connectivity index (χ4v) is 13.4. The lowest BCUT2D eigenvalue weighted by atomic mass is 10.1. The Morgan fingerprint density at radius 3 is 0.818 bits per heavy atom. The van der Waals surface area contributed by atoms with Gasteiger partial charge in [0.2, 0.25) is 15.7 Å². The minimum Gasteiger partial charge on any atom is -0.282 e. The van der Waals surface area contributed by atoms with E-state index in [2.05, 4.69) is 55.6 Å². The first-order chi connectivity index (χ1) is 20.3. The van der Waals surface area contributed by atoms with Gasteiger partial charge in [0.15, 0.2) is 19.1 Å². The van der Waals surface area contributed by atoms with Crippen molar-refractivity contribution in [1.29, 1.82) is 0 Å². The quantitative estimate of drug-likeness (QED) is 0.142. The van der Waals surface area contributed by atoms with Gasteiger partial charge in [-0.1, -0.05) is 0 Å². The summed E-state index contributed by atoms with van der Waals surface area (Å²) in [4.78, 5) is 3.72. The highest BCUT2D eigenvalue weighted by Crippen LogP contribution is 2.67. The molecule has 44 heavy (non-hydrogen) atoms. The molecule has 3 aliphatic heterocycles. The van der Waals surface area contributed by atoms with Crippen molar-refractivity contribution < 1.29 is 9.15 Å².